The van der Waals surface area contributed by atoms with Gasteiger partial charge >= 0.3 is 0 Å². The fourth-order valence-corrected chi connectivity index (χ4v) is 3.32. The summed E-state index contributed by atoms with van der Waals surface area (Å²) in [6.07, 6.45) is 8.42. The van der Waals surface area contributed by atoms with Crippen LogP contribution in [-0.2, 0) is 0 Å². The van der Waals surface area contributed by atoms with Gasteiger partial charge in [0.2, 0.25) is 1.43 Å². The van der Waals surface area contributed by atoms with E-state index in [0.29, 0.717) is 18.6 Å². The van der Waals surface area contributed by atoms with E-state index in [2.05, 4.69) is 34.6 Å². The Hall–Kier alpha value is -1.35. The third kappa shape index (κ3) is 1.74. The number of rotatable bonds is 3. The van der Waals surface area contributed by atoms with Gasteiger partial charge in [-0.2, -0.15) is 0 Å². The Labute approximate surface area is 110 Å². The van der Waals surface area contributed by atoms with Gasteiger partial charge in [-0.3, -0.25) is 0 Å². The molecule has 3 nitrogen and oxygen atoms in total. The number of nitrogens with zero attached hydrogens (tertiary/aromatic N) is 2. The summed E-state index contributed by atoms with van der Waals surface area (Å²) in [4.78, 5) is 6.87. The van der Waals surface area contributed by atoms with Crippen LogP contribution < -0.4 is 0 Å². The molecule has 18 heavy (non-hydrogen) atoms. The average Bonchev–Trinajstić information content (AvgIpc) is 2.99. The first kappa shape index (κ1) is 10.6. The first-order valence-electron chi connectivity index (χ1n) is 7.12. The molecule has 1 N–H and O–H groups in total. The quantitative estimate of drug-likeness (QED) is 0.829. The lowest BCUT2D eigenvalue weighted by molar-refractivity contribution is 0.219. The summed E-state index contributed by atoms with van der Waals surface area (Å²) in [6, 6.07) is 0.456. The van der Waals surface area contributed by atoms with Crippen molar-refractivity contribution in [3.63, 3.8) is 0 Å². The third-order valence-electron chi connectivity index (χ3n) is 4.29. The number of aliphatic hydroxyl groups is 1. The van der Waals surface area contributed by atoms with Crippen LogP contribution in [-0.4, -0.2) is 30.3 Å². The van der Waals surface area contributed by atoms with Crippen LogP contribution in [0.25, 0.3) is 0 Å². The Morgan fingerprint density at radius 1 is 1.61 bits per heavy atom. The van der Waals surface area contributed by atoms with Crippen molar-refractivity contribution < 1.29 is 5.11 Å². The van der Waals surface area contributed by atoms with E-state index in [1.54, 1.807) is 0 Å². The molecule has 1 saturated carbocycles. The van der Waals surface area contributed by atoms with Gasteiger partial charge in [0.25, 0.3) is 0 Å². The van der Waals surface area contributed by atoms with Gasteiger partial charge in [-0.05, 0) is 43.8 Å². The summed E-state index contributed by atoms with van der Waals surface area (Å²) >= 11 is 0. The van der Waals surface area contributed by atoms with Gasteiger partial charge in [-0.1, -0.05) is 6.58 Å². The lowest BCUT2D eigenvalue weighted by atomic mass is 9.99. The smallest absolute Gasteiger partial charge is 0.210 e. The molecule has 1 aliphatic carbocycles. The molecule has 0 aromatic rings. The van der Waals surface area contributed by atoms with Gasteiger partial charge in [0, 0.05) is 36.6 Å². The number of aliphatic hydroxyl groups excluding tert-OH is 1. The highest BCUT2D eigenvalue weighted by Gasteiger charge is 2.34. The predicted molar refractivity (Wildman–Crippen MR) is 73.1 cm³/mol. The molecular weight excluding hydrogens is 224 g/mol. The fraction of sp³-hybridized carbons (Fsp3) is 0.533. The Morgan fingerprint density at radius 3 is 3.33 bits per heavy atom. The number of allylic oxidation sites excluding steroid dienone is 3. The number of hydrogen-bond acceptors (Lipinski definition) is 3. The maximum Gasteiger partial charge on any atom is 0.210 e. The van der Waals surface area contributed by atoms with Crippen molar-refractivity contribution in [2.75, 3.05) is 6.61 Å². The molecule has 0 aromatic carbocycles. The Kier molecular flexibility index (Phi) is 2.58. The van der Waals surface area contributed by atoms with Crippen LogP contribution in [0.15, 0.2) is 40.3 Å². The normalized spacial score (nSPS) is 31.8. The van der Waals surface area contributed by atoms with Gasteiger partial charge < -0.3 is 10.0 Å². The molecule has 3 aliphatic rings. The van der Waals surface area contributed by atoms with Crippen molar-refractivity contribution in [1.29, 1.82) is 1.43 Å². The Balaban J connectivity index is 1.81. The standard InChI is InChI=1S/C15H20N2O/c1-10-7-11(2)17(15-14(10)5-6-16-15)13-4-3-12(8-13)9-18/h6-7,12-13,18H,2-5,8-9H2,1H3/t12-,13+/m0/s1/i18D. The van der Waals surface area contributed by atoms with E-state index >= 15 is 0 Å². The van der Waals surface area contributed by atoms with Crippen molar-refractivity contribution in [2.24, 2.45) is 10.9 Å². The first-order chi connectivity index (χ1) is 9.20. The van der Waals surface area contributed by atoms with E-state index < -0.39 is 0 Å². The van der Waals surface area contributed by atoms with E-state index in [9.17, 15) is 0 Å². The second-order valence-corrected chi connectivity index (χ2v) is 5.51. The third-order valence-corrected chi connectivity index (χ3v) is 4.29. The van der Waals surface area contributed by atoms with Gasteiger partial charge in [0.15, 0.2) is 0 Å². The molecule has 0 radical (unpaired) electrons. The topological polar surface area (TPSA) is 35.8 Å². The summed E-state index contributed by atoms with van der Waals surface area (Å²) in [7, 11) is 0. The van der Waals surface area contributed by atoms with Crippen LogP contribution >= 0.6 is 0 Å². The lowest BCUT2D eigenvalue weighted by Crippen LogP contribution is -2.33. The number of aliphatic imine (C=N–C) groups is 1. The zero-order chi connectivity index (χ0) is 13.4. The highest BCUT2D eigenvalue weighted by Crippen LogP contribution is 2.40. The van der Waals surface area contributed by atoms with Gasteiger partial charge in [0.1, 0.15) is 5.82 Å². The lowest BCUT2D eigenvalue weighted by Gasteiger charge is -2.35. The van der Waals surface area contributed by atoms with Crippen LogP contribution in [0.2, 0.25) is 0 Å². The molecule has 2 atom stereocenters. The summed E-state index contributed by atoms with van der Waals surface area (Å²) in [6.45, 7) is 6.87. The molecule has 2 aliphatic heterocycles. The molecule has 1 fully saturated rings. The minimum atomic E-state index is 0.456. The summed E-state index contributed by atoms with van der Waals surface area (Å²) < 4.78 is 6.89. The largest absolute Gasteiger partial charge is 0.396 e. The molecule has 0 spiro atoms. The Bertz CT molecular complexity index is 492. The minimum Gasteiger partial charge on any atom is -0.396 e. The zero-order valence-corrected chi connectivity index (χ0v) is 10.9. The monoisotopic (exact) mass is 245 g/mol. The maximum atomic E-state index is 6.89. The molecule has 3 heteroatoms. The number of hydrogen-bond donors (Lipinski definition) is 1. The molecule has 0 unspecified atom stereocenters. The maximum absolute atomic E-state index is 6.89. The molecule has 0 saturated heterocycles. The van der Waals surface area contributed by atoms with E-state index in [1.807, 2.05) is 6.21 Å². The second kappa shape index (κ2) is 4.39. The summed E-state index contributed by atoms with van der Waals surface area (Å²) in [5.41, 5.74) is 3.68. The van der Waals surface area contributed by atoms with Crippen LogP contribution in [0.1, 0.15) is 32.6 Å². The average molecular weight is 245 g/mol. The van der Waals surface area contributed by atoms with Crippen LogP contribution in [0.5, 0.6) is 0 Å². The summed E-state index contributed by atoms with van der Waals surface area (Å²) in [5, 5.41) is 4.55. The second-order valence-electron chi connectivity index (χ2n) is 5.51. The van der Waals surface area contributed by atoms with Gasteiger partial charge in [-0.25, -0.2) is 4.99 Å². The van der Waals surface area contributed by atoms with Crippen molar-refractivity contribution in [1.82, 2.24) is 4.90 Å². The van der Waals surface area contributed by atoms with E-state index in [0.717, 1.165) is 37.2 Å². The van der Waals surface area contributed by atoms with E-state index in [-0.39, 0.29) is 0 Å². The fourth-order valence-electron chi connectivity index (χ4n) is 3.32. The van der Waals surface area contributed by atoms with Crippen molar-refractivity contribution in [3.05, 3.63) is 35.3 Å². The minimum absolute atomic E-state index is 0.456. The molecule has 2 heterocycles. The van der Waals surface area contributed by atoms with Crippen molar-refractivity contribution >= 4 is 6.21 Å². The van der Waals surface area contributed by atoms with Gasteiger partial charge in [0.05, 0.1) is 0 Å². The molecule has 0 amide bonds. The molecule has 0 bridgehead atoms. The summed E-state index contributed by atoms with van der Waals surface area (Å²) in [5.74, 6) is 1.60. The zero-order valence-electron chi connectivity index (χ0n) is 11.9. The molecule has 96 valence electrons. The van der Waals surface area contributed by atoms with Crippen molar-refractivity contribution in [3.8, 4) is 0 Å². The van der Waals surface area contributed by atoms with Crippen molar-refractivity contribution in [2.45, 2.75) is 38.6 Å². The predicted octanol–water partition coefficient (Wildman–Crippen LogP) is 2.61. The Morgan fingerprint density at radius 2 is 2.50 bits per heavy atom. The highest BCUT2D eigenvalue weighted by molar-refractivity contribution is 5.71. The highest BCUT2D eigenvalue weighted by atomic mass is 16.3. The first-order valence-corrected chi connectivity index (χ1v) is 6.71. The molecular formula is C15H20N2O. The SMILES string of the molecule is [2H]OC[C@H]1CC[C@@H](N2C(=C)C=C(C)C3=C2N=CC3)C1. The van der Waals surface area contributed by atoms with Crippen LogP contribution in [0.4, 0.5) is 0 Å². The van der Waals surface area contributed by atoms with Crippen LogP contribution in [0.3, 0.4) is 0 Å². The van der Waals surface area contributed by atoms with E-state index in [4.69, 9.17) is 1.43 Å². The van der Waals surface area contributed by atoms with E-state index in [1.165, 1.54) is 11.1 Å². The molecule has 0 aromatic heterocycles. The van der Waals surface area contributed by atoms with Gasteiger partial charge in [-0.15, -0.1) is 0 Å². The van der Waals surface area contributed by atoms with Crippen LogP contribution in [0, 0.1) is 5.92 Å². The molecule has 3 rings (SSSR count).